The number of hydrogen-bond acceptors (Lipinski definition) is 3. The molecule has 25 heavy (non-hydrogen) atoms. The van der Waals surface area contributed by atoms with E-state index in [1.807, 2.05) is 38.1 Å². The molecule has 0 saturated heterocycles. The lowest BCUT2D eigenvalue weighted by Gasteiger charge is -2.04. The molecule has 128 valence electrons. The largest absolute Gasteiger partial charge is 0.326 e. The number of carbonyl (C=O) groups is 1. The van der Waals surface area contributed by atoms with E-state index < -0.39 is 11.6 Å². The summed E-state index contributed by atoms with van der Waals surface area (Å²) in [5.41, 5.74) is 2.91. The fourth-order valence-corrected chi connectivity index (χ4v) is 3.37. The van der Waals surface area contributed by atoms with E-state index in [9.17, 15) is 13.6 Å². The number of aryl methyl sites for hydroxylation is 2. The van der Waals surface area contributed by atoms with Crippen LogP contribution in [0.1, 0.15) is 15.4 Å². The van der Waals surface area contributed by atoms with Crippen molar-refractivity contribution in [1.29, 1.82) is 0 Å². The molecule has 0 bridgehead atoms. The van der Waals surface area contributed by atoms with Crippen molar-refractivity contribution in [2.75, 3.05) is 5.32 Å². The Hall–Kier alpha value is -2.60. The van der Waals surface area contributed by atoms with Gasteiger partial charge in [0.05, 0.1) is 12.1 Å². The van der Waals surface area contributed by atoms with Crippen molar-refractivity contribution >= 4 is 22.9 Å². The zero-order chi connectivity index (χ0) is 18.0. The van der Waals surface area contributed by atoms with Crippen molar-refractivity contribution in [3.63, 3.8) is 0 Å². The first-order valence-corrected chi connectivity index (χ1v) is 8.52. The van der Waals surface area contributed by atoms with Crippen LogP contribution in [0.3, 0.4) is 0 Å². The van der Waals surface area contributed by atoms with Gasteiger partial charge in [0.25, 0.3) is 0 Å². The van der Waals surface area contributed by atoms with Crippen LogP contribution in [0.4, 0.5) is 14.5 Å². The smallest absolute Gasteiger partial charge is 0.231 e. The predicted octanol–water partition coefficient (Wildman–Crippen LogP) is 4.89. The van der Waals surface area contributed by atoms with Gasteiger partial charge in [-0.15, -0.1) is 11.3 Å². The number of rotatable bonds is 4. The quantitative estimate of drug-likeness (QED) is 0.722. The lowest BCUT2D eigenvalue weighted by atomic mass is 10.1. The summed E-state index contributed by atoms with van der Waals surface area (Å²) in [5, 5.41) is 3.45. The number of nitrogens with zero attached hydrogens (tertiary/aromatic N) is 1. The molecule has 0 atom stereocenters. The van der Waals surface area contributed by atoms with E-state index in [2.05, 4.69) is 10.3 Å². The Morgan fingerprint density at radius 1 is 1.08 bits per heavy atom. The normalized spacial score (nSPS) is 10.7. The summed E-state index contributed by atoms with van der Waals surface area (Å²) in [7, 11) is 0. The van der Waals surface area contributed by atoms with Gasteiger partial charge in [-0.2, -0.15) is 0 Å². The minimum atomic E-state index is -0.913. The summed E-state index contributed by atoms with van der Waals surface area (Å²) in [6.45, 7) is 3.82. The SMILES string of the molecule is Cc1ccc(NC(=O)Cc2nc(-c3ccc(F)c(F)c3)c(C)s2)cc1. The van der Waals surface area contributed by atoms with Crippen LogP contribution in [0, 0.1) is 25.5 Å². The van der Waals surface area contributed by atoms with Gasteiger partial charge in [0.2, 0.25) is 5.91 Å². The number of nitrogens with one attached hydrogen (secondary N) is 1. The van der Waals surface area contributed by atoms with E-state index in [-0.39, 0.29) is 12.3 Å². The molecule has 1 heterocycles. The maximum absolute atomic E-state index is 13.4. The second-order valence-electron chi connectivity index (χ2n) is 5.73. The maximum atomic E-state index is 13.4. The molecular formula is C19H16F2N2OS. The van der Waals surface area contributed by atoms with Crippen molar-refractivity contribution in [2.45, 2.75) is 20.3 Å². The predicted molar refractivity (Wildman–Crippen MR) is 95.7 cm³/mol. The van der Waals surface area contributed by atoms with Gasteiger partial charge in [0.1, 0.15) is 5.01 Å². The van der Waals surface area contributed by atoms with Crippen LogP contribution in [0.2, 0.25) is 0 Å². The fraction of sp³-hybridized carbons (Fsp3) is 0.158. The molecular weight excluding hydrogens is 342 g/mol. The van der Waals surface area contributed by atoms with Crippen LogP contribution in [0.25, 0.3) is 11.3 Å². The number of anilines is 1. The van der Waals surface area contributed by atoms with Crippen molar-refractivity contribution in [3.05, 3.63) is 69.5 Å². The lowest BCUT2D eigenvalue weighted by Crippen LogP contribution is -2.14. The highest BCUT2D eigenvalue weighted by molar-refractivity contribution is 7.12. The minimum absolute atomic E-state index is 0.128. The van der Waals surface area contributed by atoms with Gasteiger partial charge in [-0.1, -0.05) is 17.7 Å². The van der Waals surface area contributed by atoms with E-state index in [0.29, 0.717) is 16.3 Å². The van der Waals surface area contributed by atoms with Gasteiger partial charge in [-0.05, 0) is 44.2 Å². The topological polar surface area (TPSA) is 42.0 Å². The highest BCUT2D eigenvalue weighted by Crippen LogP contribution is 2.29. The van der Waals surface area contributed by atoms with Crippen LogP contribution in [-0.2, 0) is 11.2 Å². The molecule has 3 nitrogen and oxygen atoms in total. The van der Waals surface area contributed by atoms with Gasteiger partial charge < -0.3 is 5.32 Å². The number of amides is 1. The Morgan fingerprint density at radius 3 is 2.48 bits per heavy atom. The number of hydrogen-bond donors (Lipinski definition) is 1. The van der Waals surface area contributed by atoms with Crippen LogP contribution < -0.4 is 5.32 Å². The second kappa shape index (κ2) is 7.11. The van der Waals surface area contributed by atoms with E-state index in [1.165, 1.54) is 17.4 Å². The molecule has 0 radical (unpaired) electrons. The standard InChI is InChI=1S/C19H16F2N2OS/c1-11-3-6-14(7-4-11)22-17(24)10-18-23-19(12(2)25-18)13-5-8-15(20)16(21)9-13/h3-9H,10H2,1-2H3,(H,22,24). The Morgan fingerprint density at radius 2 is 1.80 bits per heavy atom. The first kappa shape index (κ1) is 17.2. The Kier molecular flexibility index (Phi) is 4.90. The molecule has 0 aliphatic carbocycles. The third kappa shape index (κ3) is 4.09. The molecule has 0 aliphatic heterocycles. The van der Waals surface area contributed by atoms with Gasteiger partial charge >= 0.3 is 0 Å². The van der Waals surface area contributed by atoms with Crippen LogP contribution in [0.15, 0.2) is 42.5 Å². The molecule has 0 saturated carbocycles. The monoisotopic (exact) mass is 358 g/mol. The van der Waals surface area contributed by atoms with Crippen molar-refractivity contribution < 1.29 is 13.6 Å². The van der Waals surface area contributed by atoms with Gasteiger partial charge in [-0.3, -0.25) is 4.79 Å². The van der Waals surface area contributed by atoms with Crippen molar-refractivity contribution in [2.24, 2.45) is 0 Å². The van der Waals surface area contributed by atoms with Crippen LogP contribution in [0.5, 0.6) is 0 Å². The number of thiazole rings is 1. The average molecular weight is 358 g/mol. The molecule has 0 unspecified atom stereocenters. The molecule has 3 aromatic rings. The molecule has 3 rings (SSSR count). The third-order valence-corrected chi connectivity index (χ3v) is 4.65. The summed E-state index contributed by atoms with van der Waals surface area (Å²) in [5.74, 6) is -1.98. The summed E-state index contributed by atoms with van der Waals surface area (Å²) in [6, 6.07) is 11.2. The first-order valence-electron chi connectivity index (χ1n) is 7.70. The van der Waals surface area contributed by atoms with Gasteiger partial charge in [0, 0.05) is 16.1 Å². The highest BCUT2D eigenvalue weighted by Gasteiger charge is 2.14. The van der Waals surface area contributed by atoms with E-state index in [1.54, 1.807) is 0 Å². The lowest BCUT2D eigenvalue weighted by molar-refractivity contribution is -0.115. The summed E-state index contributed by atoms with van der Waals surface area (Å²) < 4.78 is 26.5. The molecule has 2 aromatic carbocycles. The maximum Gasteiger partial charge on any atom is 0.231 e. The number of halogens is 2. The van der Waals surface area contributed by atoms with Crippen molar-refractivity contribution in [3.8, 4) is 11.3 Å². The number of benzene rings is 2. The number of aromatic nitrogens is 1. The van der Waals surface area contributed by atoms with Gasteiger partial charge in [-0.25, -0.2) is 13.8 Å². The minimum Gasteiger partial charge on any atom is -0.326 e. The van der Waals surface area contributed by atoms with Gasteiger partial charge in [0.15, 0.2) is 11.6 Å². The van der Waals surface area contributed by atoms with E-state index in [0.717, 1.165) is 28.3 Å². The summed E-state index contributed by atoms with van der Waals surface area (Å²) >= 11 is 1.37. The Bertz CT molecular complexity index is 920. The second-order valence-corrected chi connectivity index (χ2v) is 7.02. The first-order chi connectivity index (χ1) is 11.9. The summed E-state index contributed by atoms with van der Waals surface area (Å²) in [6.07, 6.45) is 0.128. The average Bonchev–Trinajstić information content (AvgIpc) is 2.92. The molecule has 1 amide bonds. The zero-order valence-electron chi connectivity index (χ0n) is 13.8. The van der Waals surface area contributed by atoms with E-state index >= 15 is 0 Å². The Balaban J connectivity index is 1.74. The van der Waals surface area contributed by atoms with Crippen LogP contribution in [-0.4, -0.2) is 10.9 Å². The molecule has 6 heteroatoms. The molecule has 0 spiro atoms. The molecule has 1 N–H and O–H groups in total. The fourth-order valence-electron chi connectivity index (χ4n) is 2.42. The Labute approximate surface area is 148 Å². The third-order valence-electron chi connectivity index (χ3n) is 3.68. The molecule has 0 fully saturated rings. The molecule has 1 aromatic heterocycles. The van der Waals surface area contributed by atoms with Crippen molar-refractivity contribution in [1.82, 2.24) is 4.98 Å². The van der Waals surface area contributed by atoms with Crippen LogP contribution >= 0.6 is 11.3 Å². The van der Waals surface area contributed by atoms with E-state index in [4.69, 9.17) is 0 Å². The highest BCUT2D eigenvalue weighted by atomic mass is 32.1. The zero-order valence-corrected chi connectivity index (χ0v) is 14.6. The summed E-state index contributed by atoms with van der Waals surface area (Å²) in [4.78, 5) is 17.4. The molecule has 0 aliphatic rings. The number of carbonyl (C=O) groups excluding carboxylic acids is 1.